The molecule has 0 saturated carbocycles. The molecular weight excluding hydrogens is 249 g/mol. The molecule has 2 rings (SSSR count). The molecule has 0 saturated heterocycles. The molecule has 2 aromatic rings. The number of hydrogen-bond acceptors (Lipinski definition) is 3. The summed E-state index contributed by atoms with van der Waals surface area (Å²) in [5.41, 5.74) is 0.263. The molecule has 2 heterocycles. The predicted molar refractivity (Wildman–Crippen MR) is 62.2 cm³/mol. The van der Waals surface area contributed by atoms with Crippen molar-refractivity contribution in [3.8, 4) is 0 Å². The highest BCUT2D eigenvalue weighted by Crippen LogP contribution is 2.27. The second kappa shape index (κ2) is 4.91. The summed E-state index contributed by atoms with van der Waals surface area (Å²) in [6.07, 6.45) is 2.05. The van der Waals surface area contributed by atoms with Crippen molar-refractivity contribution in [2.45, 2.75) is 12.5 Å². The maximum Gasteiger partial charge on any atom is 0.147 e. The Balaban J connectivity index is 2.14. The summed E-state index contributed by atoms with van der Waals surface area (Å²) in [6, 6.07) is 5.07. The number of nitrogens with zero attached hydrogens (tertiary/aromatic N) is 1. The zero-order valence-electron chi connectivity index (χ0n) is 8.23. The highest BCUT2D eigenvalue weighted by molar-refractivity contribution is 7.16. The highest BCUT2D eigenvalue weighted by atomic mass is 35.5. The van der Waals surface area contributed by atoms with Crippen LogP contribution >= 0.6 is 22.9 Å². The summed E-state index contributed by atoms with van der Waals surface area (Å²) in [6.45, 7) is 0. The molecule has 0 aliphatic carbocycles. The van der Waals surface area contributed by atoms with Crippen molar-refractivity contribution in [3.63, 3.8) is 0 Å². The first-order chi connectivity index (χ1) is 7.66. The van der Waals surface area contributed by atoms with E-state index >= 15 is 0 Å². The van der Waals surface area contributed by atoms with E-state index in [1.807, 2.05) is 6.07 Å². The summed E-state index contributed by atoms with van der Waals surface area (Å²) < 4.78 is 14.0. The Hall–Kier alpha value is -0.970. The minimum atomic E-state index is -0.863. The molecule has 0 fully saturated rings. The maximum atomic E-state index is 13.3. The molecule has 1 N–H and O–H groups in total. The van der Waals surface area contributed by atoms with Crippen LogP contribution in [-0.4, -0.2) is 10.1 Å². The normalized spacial score (nSPS) is 12.7. The van der Waals surface area contributed by atoms with Crippen LogP contribution in [0, 0.1) is 5.82 Å². The number of aliphatic hydroxyl groups is 1. The SMILES string of the molecule is OC(Cc1ccc(Cl)s1)c1ccncc1F. The Morgan fingerprint density at radius 2 is 2.25 bits per heavy atom. The number of pyridine rings is 1. The van der Waals surface area contributed by atoms with Gasteiger partial charge in [-0.15, -0.1) is 11.3 Å². The van der Waals surface area contributed by atoms with E-state index in [-0.39, 0.29) is 5.56 Å². The van der Waals surface area contributed by atoms with E-state index in [2.05, 4.69) is 4.98 Å². The molecule has 2 aromatic heterocycles. The smallest absolute Gasteiger partial charge is 0.147 e. The lowest BCUT2D eigenvalue weighted by atomic mass is 10.1. The van der Waals surface area contributed by atoms with Crippen LogP contribution in [0.2, 0.25) is 4.34 Å². The van der Waals surface area contributed by atoms with E-state index in [0.717, 1.165) is 11.1 Å². The minimum Gasteiger partial charge on any atom is -0.388 e. The van der Waals surface area contributed by atoms with Crippen molar-refractivity contribution in [2.75, 3.05) is 0 Å². The largest absolute Gasteiger partial charge is 0.388 e. The molecule has 1 atom stereocenters. The monoisotopic (exact) mass is 257 g/mol. The first-order valence-corrected chi connectivity index (χ1v) is 5.88. The van der Waals surface area contributed by atoms with Gasteiger partial charge in [0, 0.05) is 23.1 Å². The van der Waals surface area contributed by atoms with Crippen LogP contribution in [0.5, 0.6) is 0 Å². The van der Waals surface area contributed by atoms with Gasteiger partial charge in [0.15, 0.2) is 0 Å². The number of rotatable bonds is 3. The lowest BCUT2D eigenvalue weighted by Gasteiger charge is -2.09. The molecular formula is C11H9ClFNOS. The van der Waals surface area contributed by atoms with Crippen LogP contribution in [0.4, 0.5) is 4.39 Å². The number of halogens is 2. The van der Waals surface area contributed by atoms with Crippen molar-refractivity contribution < 1.29 is 9.50 Å². The summed E-state index contributed by atoms with van der Waals surface area (Å²) in [7, 11) is 0. The molecule has 1 unspecified atom stereocenters. The van der Waals surface area contributed by atoms with Crippen molar-refractivity contribution in [3.05, 3.63) is 51.2 Å². The van der Waals surface area contributed by atoms with E-state index in [4.69, 9.17) is 11.6 Å². The average Bonchev–Trinajstić information content (AvgIpc) is 2.64. The van der Waals surface area contributed by atoms with E-state index in [1.54, 1.807) is 6.07 Å². The third-order valence-corrected chi connectivity index (χ3v) is 3.44. The van der Waals surface area contributed by atoms with Crippen LogP contribution in [0.3, 0.4) is 0 Å². The van der Waals surface area contributed by atoms with Gasteiger partial charge in [0.2, 0.25) is 0 Å². The minimum absolute atomic E-state index is 0.263. The van der Waals surface area contributed by atoms with Gasteiger partial charge in [0.05, 0.1) is 16.6 Å². The van der Waals surface area contributed by atoms with Crippen LogP contribution in [0.25, 0.3) is 0 Å². The summed E-state index contributed by atoms with van der Waals surface area (Å²) in [4.78, 5) is 4.56. The van der Waals surface area contributed by atoms with Gasteiger partial charge in [-0.1, -0.05) is 11.6 Å². The highest BCUT2D eigenvalue weighted by Gasteiger charge is 2.14. The Morgan fingerprint density at radius 3 is 2.88 bits per heavy atom. The zero-order valence-corrected chi connectivity index (χ0v) is 9.80. The van der Waals surface area contributed by atoms with Gasteiger partial charge in [-0.3, -0.25) is 4.98 Å². The Labute approximate surface area is 101 Å². The number of aliphatic hydroxyl groups excluding tert-OH is 1. The molecule has 84 valence electrons. The number of thiophene rings is 1. The molecule has 2 nitrogen and oxygen atoms in total. The average molecular weight is 258 g/mol. The topological polar surface area (TPSA) is 33.1 Å². The van der Waals surface area contributed by atoms with Gasteiger partial charge in [-0.25, -0.2) is 4.39 Å². The molecule has 0 aliphatic rings. The van der Waals surface area contributed by atoms with E-state index in [0.29, 0.717) is 10.8 Å². The van der Waals surface area contributed by atoms with Crippen LogP contribution in [-0.2, 0) is 6.42 Å². The van der Waals surface area contributed by atoms with Gasteiger partial charge in [-0.05, 0) is 18.2 Å². The Kier molecular flexibility index (Phi) is 3.53. The first-order valence-electron chi connectivity index (χ1n) is 4.68. The molecule has 0 bridgehead atoms. The van der Waals surface area contributed by atoms with Crippen molar-refractivity contribution in [1.82, 2.24) is 4.98 Å². The number of aromatic nitrogens is 1. The molecule has 5 heteroatoms. The quantitative estimate of drug-likeness (QED) is 0.916. The van der Waals surface area contributed by atoms with Crippen molar-refractivity contribution >= 4 is 22.9 Å². The van der Waals surface area contributed by atoms with Crippen LogP contribution < -0.4 is 0 Å². The third-order valence-electron chi connectivity index (χ3n) is 2.19. The van der Waals surface area contributed by atoms with E-state index in [9.17, 15) is 9.50 Å². The summed E-state index contributed by atoms with van der Waals surface area (Å²) in [5.74, 6) is -0.488. The summed E-state index contributed by atoms with van der Waals surface area (Å²) in [5, 5.41) is 9.86. The predicted octanol–water partition coefficient (Wildman–Crippen LogP) is 3.21. The van der Waals surface area contributed by atoms with Crippen LogP contribution in [0.1, 0.15) is 16.5 Å². The zero-order chi connectivity index (χ0) is 11.5. The van der Waals surface area contributed by atoms with Gasteiger partial charge in [-0.2, -0.15) is 0 Å². The fraction of sp³-hybridized carbons (Fsp3) is 0.182. The van der Waals surface area contributed by atoms with Crippen molar-refractivity contribution in [2.24, 2.45) is 0 Å². The third kappa shape index (κ3) is 2.58. The Bertz CT molecular complexity index is 488. The van der Waals surface area contributed by atoms with Crippen molar-refractivity contribution in [1.29, 1.82) is 0 Å². The molecule has 0 radical (unpaired) electrons. The Morgan fingerprint density at radius 1 is 1.44 bits per heavy atom. The standard InChI is InChI=1S/C11H9ClFNOS/c12-11-2-1-7(16-11)5-10(15)8-3-4-14-6-9(8)13/h1-4,6,10,15H,5H2. The van der Waals surface area contributed by atoms with Gasteiger partial charge in [0.25, 0.3) is 0 Å². The van der Waals surface area contributed by atoms with Gasteiger partial charge < -0.3 is 5.11 Å². The molecule has 0 aliphatic heterocycles. The second-order valence-electron chi connectivity index (χ2n) is 3.32. The fourth-order valence-corrected chi connectivity index (χ4v) is 2.54. The first kappa shape index (κ1) is 11.5. The maximum absolute atomic E-state index is 13.3. The number of hydrogen-bond donors (Lipinski definition) is 1. The van der Waals surface area contributed by atoms with E-state index in [1.165, 1.54) is 23.6 Å². The van der Waals surface area contributed by atoms with Gasteiger partial charge >= 0.3 is 0 Å². The molecule has 0 aromatic carbocycles. The van der Waals surface area contributed by atoms with E-state index < -0.39 is 11.9 Å². The second-order valence-corrected chi connectivity index (χ2v) is 5.12. The molecule has 0 amide bonds. The molecule has 16 heavy (non-hydrogen) atoms. The lowest BCUT2D eigenvalue weighted by Crippen LogP contribution is -2.03. The van der Waals surface area contributed by atoms with Gasteiger partial charge in [0.1, 0.15) is 5.82 Å². The summed E-state index contributed by atoms with van der Waals surface area (Å²) >= 11 is 7.16. The molecule has 0 spiro atoms. The lowest BCUT2D eigenvalue weighted by molar-refractivity contribution is 0.174. The van der Waals surface area contributed by atoms with Crippen LogP contribution in [0.15, 0.2) is 30.6 Å². The fourth-order valence-electron chi connectivity index (χ4n) is 1.42.